The quantitative estimate of drug-likeness (QED) is 0.832. The minimum Gasteiger partial charge on any atom is -0.354 e. The summed E-state index contributed by atoms with van der Waals surface area (Å²) in [4.78, 5) is 10.6. The van der Waals surface area contributed by atoms with Crippen molar-refractivity contribution in [2.75, 3.05) is 29.9 Å². The van der Waals surface area contributed by atoms with Gasteiger partial charge in [0.1, 0.15) is 5.02 Å². The van der Waals surface area contributed by atoms with Gasteiger partial charge in [-0.1, -0.05) is 25.4 Å². The molecule has 0 aromatic carbocycles. The summed E-state index contributed by atoms with van der Waals surface area (Å²) < 4.78 is 0. The van der Waals surface area contributed by atoms with Crippen molar-refractivity contribution in [2.45, 2.75) is 27.2 Å². The topological polar surface area (TPSA) is 64.8 Å². The second kappa shape index (κ2) is 7.80. The molecule has 0 aliphatic carbocycles. The van der Waals surface area contributed by atoms with Crippen LogP contribution in [-0.2, 0) is 0 Å². The van der Waals surface area contributed by atoms with Gasteiger partial charge in [0.05, 0.1) is 18.7 Å². The van der Waals surface area contributed by atoms with Crippen LogP contribution in [0, 0.1) is 17.2 Å². The molecule has 1 aromatic heterocycles. The van der Waals surface area contributed by atoms with E-state index >= 15 is 0 Å². The van der Waals surface area contributed by atoms with Crippen LogP contribution in [0.3, 0.4) is 0 Å². The first-order valence-corrected chi connectivity index (χ1v) is 6.84. The fourth-order valence-electron chi connectivity index (χ4n) is 1.73. The molecular formula is C13H20ClN5. The van der Waals surface area contributed by atoms with Gasteiger partial charge >= 0.3 is 0 Å². The molecule has 0 spiro atoms. The molecule has 0 bridgehead atoms. The number of nitrogens with one attached hydrogen (secondary N) is 1. The molecule has 1 aromatic rings. The molecule has 6 heteroatoms. The zero-order chi connectivity index (χ0) is 14.3. The van der Waals surface area contributed by atoms with Gasteiger partial charge in [-0.2, -0.15) is 10.2 Å². The lowest BCUT2D eigenvalue weighted by Crippen LogP contribution is -2.30. The Labute approximate surface area is 119 Å². The molecule has 0 unspecified atom stereocenters. The van der Waals surface area contributed by atoms with Crippen molar-refractivity contribution in [3.63, 3.8) is 0 Å². The average Bonchev–Trinajstić information content (AvgIpc) is 2.37. The normalized spacial score (nSPS) is 10.3. The highest BCUT2D eigenvalue weighted by Crippen LogP contribution is 2.24. The molecule has 0 atom stereocenters. The van der Waals surface area contributed by atoms with Gasteiger partial charge in [0.25, 0.3) is 0 Å². The summed E-state index contributed by atoms with van der Waals surface area (Å²) in [6, 6.07) is 2.16. The first-order valence-electron chi connectivity index (χ1n) is 6.46. The Morgan fingerprint density at radius 2 is 2.26 bits per heavy atom. The Morgan fingerprint density at radius 1 is 1.53 bits per heavy atom. The molecule has 104 valence electrons. The predicted octanol–water partition coefficient (Wildman–Crippen LogP) is 2.94. The van der Waals surface area contributed by atoms with Gasteiger partial charge in [0, 0.05) is 19.6 Å². The van der Waals surface area contributed by atoms with E-state index in [1.165, 1.54) is 0 Å². The fourth-order valence-corrected chi connectivity index (χ4v) is 1.94. The van der Waals surface area contributed by atoms with E-state index in [4.69, 9.17) is 16.9 Å². The van der Waals surface area contributed by atoms with Gasteiger partial charge in [0.15, 0.2) is 5.82 Å². The summed E-state index contributed by atoms with van der Waals surface area (Å²) in [6.45, 7) is 8.42. The lowest BCUT2D eigenvalue weighted by Gasteiger charge is -2.25. The summed E-state index contributed by atoms with van der Waals surface area (Å²) in [6.07, 6.45) is 2.05. The molecule has 0 radical (unpaired) electrons. The van der Waals surface area contributed by atoms with Crippen LogP contribution in [0.2, 0.25) is 5.02 Å². The van der Waals surface area contributed by atoms with Crippen LogP contribution in [0.5, 0.6) is 0 Å². The first kappa shape index (κ1) is 15.5. The maximum Gasteiger partial charge on any atom is 0.224 e. The van der Waals surface area contributed by atoms with Crippen molar-refractivity contribution in [3.8, 4) is 6.07 Å². The lowest BCUT2D eigenvalue weighted by molar-refractivity contribution is 0.607. The fraction of sp³-hybridized carbons (Fsp3) is 0.615. The summed E-state index contributed by atoms with van der Waals surface area (Å²) in [5, 5.41) is 12.3. The Kier molecular flexibility index (Phi) is 6.37. The second-order valence-electron chi connectivity index (χ2n) is 4.64. The average molecular weight is 282 g/mol. The minimum atomic E-state index is 0.448. The smallest absolute Gasteiger partial charge is 0.224 e. The zero-order valence-electron chi connectivity index (χ0n) is 11.6. The molecule has 1 N–H and O–H groups in total. The highest BCUT2D eigenvalue weighted by atomic mass is 35.5. The van der Waals surface area contributed by atoms with E-state index in [0.29, 0.717) is 35.7 Å². The highest BCUT2D eigenvalue weighted by molar-refractivity contribution is 6.32. The van der Waals surface area contributed by atoms with Gasteiger partial charge in [-0.05, 0) is 12.8 Å². The summed E-state index contributed by atoms with van der Waals surface area (Å²) in [7, 11) is 0. The highest BCUT2D eigenvalue weighted by Gasteiger charge is 2.14. The maximum absolute atomic E-state index is 8.75. The molecule has 0 aliphatic rings. The maximum atomic E-state index is 8.75. The van der Waals surface area contributed by atoms with E-state index in [2.05, 4.69) is 35.2 Å². The predicted molar refractivity (Wildman–Crippen MR) is 78.5 cm³/mol. The van der Waals surface area contributed by atoms with Gasteiger partial charge in [0.2, 0.25) is 5.95 Å². The van der Waals surface area contributed by atoms with Crippen molar-refractivity contribution >= 4 is 23.4 Å². The van der Waals surface area contributed by atoms with Crippen LogP contribution in [0.25, 0.3) is 0 Å². The van der Waals surface area contributed by atoms with Crippen LogP contribution >= 0.6 is 11.6 Å². The van der Waals surface area contributed by atoms with Gasteiger partial charge in [-0.25, -0.2) is 4.98 Å². The van der Waals surface area contributed by atoms with Crippen molar-refractivity contribution in [1.82, 2.24) is 9.97 Å². The monoisotopic (exact) mass is 281 g/mol. The van der Waals surface area contributed by atoms with E-state index < -0.39 is 0 Å². The molecular weight excluding hydrogens is 262 g/mol. The molecule has 0 amide bonds. The van der Waals surface area contributed by atoms with Gasteiger partial charge in [-0.3, -0.25) is 0 Å². The third kappa shape index (κ3) is 4.92. The van der Waals surface area contributed by atoms with Crippen LogP contribution in [0.4, 0.5) is 11.8 Å². The number of rotatable bonds is 7. The van der Waals surface area contributed by atoms with E-state index in [0.717, 1.165) is 13.1 Å². The number of nitriles is 1. The number of hydrogen-bond donors (Lipinski definition) is 1. The molecule has 1 rings (SSSR count). The van der Waals surface area contributed by atoms with Crippen LogP contribution in [0.1, 0.15) is 27.2 Å². The Bertz CT molecular complexity index is 441. The number of anilines is 2. The minimum absolute atomic E-state index is 0.448. The van der Waals surface area contributed by atoms with Crippen LogP contribution in [-0.4, -0.2) is 29.6 Å². The van der Waals surface area contributed by atoms with E-state index in [1.54, 1.807) is 6.20 Å². The largest absolute Gasteiger partial charge is 0.354 e. The van der Waals surface area contributed by atoms with E-state index in [1.807, 2.05) is 11.8 Å². The lowest BCUT2D eigenvalue weighted by atomic mass is 10.2. The number of halogens is 1. The van der Waals surface area contributed by atoms with E-state index in [9.17, 15) is 0 Å². The number of aromatic nitrogens is 2. The Morgan fingerprint density at radius 3 is 2.84 bits per heavy atom. The molecule has 0 aliphatic heterocycles. The Hall–Kier alpha value is -1.54. The van der Waals surface area contributed by atoms with Crippen molar-refractivity contribution < 1.29 is 0 Å². The standard InChI is InChI=1S/C13H20ClN5/c1-4-16-13-17-8-11(14)12(18-13)19(7-5-6-15)9-10(2)3/h8,10H,4-5,7,9H2,1-3H3,(H,16,17,18). The third-order valence-electron chi connectivity index (χ3n) is 2.44. The van der Waals surface area contributed by atoms with Crippen LogP contribution in [0.15, 0.2) is 6.20 Å². The molecule has 19 heavy (non-hydrogen) atoms. The molecule has 1 heterocycles. The second-order valence-corrected chi connectivity index (χ2v) is 5.05. The molecule has 5 nitrogen and oxygen atoms in total. The van der Waals surface area contributed by atoms with E-state index in [-0.39, 0.29) is 0 Å². The third-order valence-corrected chi connectivity index (χ3v) is 2.71. The zero-order valence-corrected chi connectivity index (χ0v) is 12.4. The first-order chi connectivity index (χ1) is 9.08. The number of hydrogen-bond acceptors (Lipinski definition) is 5. The summed E-state index contributed by atoms with van der Waals surface area (Å²) in [5.41, 5.74) is 0. The number of nitrogens with zero attached hydrogens (tertiary/aromatic N) is 4. The Balaban J connectivity index is 2.98. The summed E-state index contributed by atoms with van der Waals surface area (Å²) >= 11 is 6.18. The molecule has 0 saturated carbocycles. The van der Waals surface area contributed by atoms with Crippen molar-refractivity contribution in [3.05, 3.63) is 11.2 Å². The van der Waals surface area contributed by atoms with Gasteiger partial charge < -0.3 is 10.2 Å². The van der Waals surface area contributed by atoms with Crippen LogP contribution < -0.4 is 10.2 Å². The van der Waals surface area contributed by atoms with Gasteiger partial charge in [-0.15, -0.1) is 0 Å². The SMILES string of the molecule is CCNc1ncc(Cl)c(N(CCC#N)CC(C)C)n1. The van der Waals surface area contributed by atoms with Crippen molar-refractivity contribution in [1.29, 1.82) is 5.26 Å². The molecule has 0 fully saturated rings. The van der Waals surface area contributed by atoms with Crippen molar-refractivity contribution in [2.24, 2.45) is 5.92 Å². The summed E-state index contributed by atoms with van der Waals surface area (Å²) in [5.74, 6) is 1.72. The molecule has 0 saturated heterocycles.